The number of hydrogen-bond acceptors (Lipinski definition) is 5. The molecule has 1 fully saturated rings. The molecule has 3 rings (SSSR count). The molecule has 30 heavy (non-hydrogen) atoms. The molecule has 1 aliphatic heterocycles. The Labute approximate surface area is 186 Å². The third kappa shape index (κ3) is 6.03. The van der Waals surface area contributed by atoms with Gasteiger partial charge in [0.15, 0.2) is 16.4 Å². The van der Waals surface area contributed by atoms with E-state index < -0.39 is 15.9 Å². The molecule has 1 atom stereocenters. The molecule has 2 aromatic rings. The first-order valence-electron chi connectivity index (χ1n) is 9.57. The normalized spacial score (nSPS) is 17.5. The highest BCUT2D eigenvalue weighted by atomic mass is 35.5. The summed E-state index contributed by atoms with van der Waals surface area (Å²) in [5.41, 5.74) is 0.876. The number of carbonyl (C=O) groups excluding carboxylic acids is 1. The highest BCUT2D eigenvalue weighted by Gasteiger charge is 2.34. The van der Waals surface area contributed by atoms with E-state index in [-0.39, 0.29) is 30.6 Å². The van der Waals surface area contributed by atoms with Crippen LogP contribution in [0.3, 0.4) is 0 Å². The van der Waals surface area contributed by atoms with Crippen LogP contribution in [0.1, 0.15) is 18.9 Å². The molecule has 162 valence electrons. The molecule has 0 spiro atoms. The highest BCUT2D eigenvalue weighted by molar-refractivity contribution is 7.91. The summed E-state index contributed by atoms with van der Waals surface area (Å²) in [5, 5.41) is 0.767. The molecule has 0 aromatic heterocycles. The van der Waals surface area contributed by atoms with Crippen LogP contribution in [0, 0.1) is 0 Å². The molecule has 1 aliphatic rings. The van der Waals surface area contributed by atoms with E-state index in [2.05, 4.69) is 0 Å². The summed E-state index contributed by atoms with van der Waals surface area (Å²) in [7, 11) is -3.15. The summed E-state index contributed by atoms with van der Waals surface area (Å²) in [6, 6.07) is 11.7. The lowest BCUT2D eigenvalue weighted by Gasteiger charge is -2.28. The van der Waals surface area contributed by atoms with Crippen LogP contribution in [0.5, 0.6) is 11.5 Å². The van der Waals surface area contributed by atoms with Gasteiger partial charge in [-0.2, -0.15) is 0 Å². The minimum absolute atomic E-state index is 0.0442. The average molecular weight is 472 g/mol. The van der Waals surface area contributed by atoms with Gasteiger partial charge in [-0.3, -0.25) is 4.79 Å². The van der Waals surface area contributed by atoms with Gasteiger partial charge in [-0.05, 0) is 49.2 Å². The van der Waals surface area contributed by atoms with Crippen molar-refractivity contribution in [3.63, 3.8) is 0 Å². The highest BCUT2D eigenvalue weighted by Crippen LogP contribution is 2.28. The second kappa shape index (κ2) is 9.90. The number of rotatable bonds is 8. The van der Waals surface area contributed by atoms with Crippen molar-refractivity contribution in [3.05, 3.63) is 58.1 Å². The van der Waals surface area contributed by atoms with Gasteiger partial charge in [0.25, 0.3) is 5.91 Å². The Morgan fingerprint density at radius 1 is 1.13 bits per heavy atom. The Hall–Kier alpha value is -1.96. The minimum atomic E-state index is -3.15. The van der Waals surface area contributed by atoms with Crippen LogP contribution in [0.15, 0.2) is 42.5 Å². The fourth-order valence-corrected chi connectivity index (χ4v) is 5.50. The summed E-state index contributed by atoms with van der Waals surface area (Å²) in [6.07, 6.45) is 0.410. The van der Waals surface area contributed by atoms with E-state index in [9.17, 15) is 13.2 Å². The fourth-order valence-electron chi connectivity index (χ4n) is 3.31. The Morgan fingerprint density at radius 3 is 2.47 bits per heavy atom. The maximum atomic E-state index is 13.0. The maximum absolute atomic E-state index is 13.0. The van der Waals surface area contributed by atoms with Gasteiger partial charge >= 0.3 is 0 Å². The van der Waals surface area contributed by atoms with Gasteiger partial charge in [0.2, 0.25) is 0 Å². The molecule has 2 aromatic carbocycles. The number of amides is 1. The standard InChI is InChI=1S/C21H23Cl2NO5S/c1-2-28-18-6-3-15(4-7-18)12-24(17-9-10-30(26,27)14-17)21(25)13-29-20-8-5-16(22)11-19(20)23/h3-8,11,17H,2,9-10,12-14H2,1H3. The van der Waals surface area contributed by atoms with E-state index in [1.54, 1.807) is 17.0 Å². The molecular formula is C21H23Cl2NO5S. The van der Waals surface area contributed by atoms with Gasteiger partial charge in [0, 0.05) is 17.6 Å². The zero-order valence-electron chi connectivity index (χ0n) is 16.5. The molecule has 1 saturated heterocycles. The quantitative estimate of drug-likeness (QED) is 0.581. The van der Waals surface area contributed by atoms with Crippen molar-refractivity contribution in [2.75, 3.05) is 24.7 Å². The zero-order chi connectivity index (χ0) is 21.7. The van der Waals surface area contributed by atoms with E-state index in [0.717, 1.165) is 11.3 Å². The van der Waals surface area contributed by atoms with Crippen LogP contribution < -0.4 is 9.47 Å². The predicted molar refractivity (Wildman–Crippen MR) is 117 cm³/mol. The summed E-state index contributed by atoms with van der Waals surface area (Å²) >= 11 is 12.0. The van der Waals surface area contributed by atoms with Gasteiger partial charge in [-0.25, -0.2) is 8.42 Å². The third-order valence-electron chi connectivity index (χ3n) is 4.80. The number of halogens is 2. The maximum Gasteiger partial charge on any atom is 0.261 e. The summed E-state index contributed by atoms with van der Waals surface area (Å²) in [4.78, 5) is 14.6. The van der Waals surface area contributed by atoms with Crippen molar-refractivity contribution in [2.45, 2.75) is 25.9 Å². The molecule has 0 saturated carbocycles. The molecule has 0 radical (unpaired) electrons. The first-order chi connectivity index (χ1) is 14.3. The second-order valence-electron chi connectivity index (χ2n) is 7.02. The molecule has 1 amide bonds. The summed E-state index contributed by atoms with van der Waals surface area (Å²) in [6.45, 7) is 2.49. The van der Waals surface area contributed by atoms with Crippen molar-refractivity contribution >= 4 is 38.9 Å². The van der Waals surface area contributed by atoms with Crippen LogP contribution in [0.4, 0.5) is 0 Å². The van der Waals surface area contributed by atoms with Gasteiger partial charge in [-0.15, -0.1) is 0 Å². The molecule has 1 heterocycles. The lowest BCUT2D eigenvalue weighted by Crippen LogP contribution is -2.43. The predicted octanol–water partition coefficient (Wildman–Crippen LogP) is 3.99. The van der Waals surface area contributed by atoms with E-state index in [0.29, 0.717) is 28.8 Å². The van der Waals surface area contributed by atoms with Gasteiger partial charge in [-0.1, -0.05) is 35.3 Å². The topological polar surface area (TPSA) is 72.9 Å². The molecule has 9 heteroatoms. The SMILES string of the molecule is CCOc1ccc(CN(C(=O)COc2ccc(Cl)cc2Cl)C2CCS(=O)(=O)C2)cc1. The molecule has 0 bridgehead atoms. The van der Waals surface area contributed by atoms with Crippen LogP contribution in [-0.4, -0.2) is 50.0 Å². The lowest BCUT2D eigenvalue weighted by molar-refractivity contribution is -0.136. The van der Waals surface area contributed by atoms with E-state index >= 15 is 0 Å². The average Bonchev–Trinajstić information content (AvgIpc) is 3.06. The Balaban J connectivity index is 1.73. The Bertz CT molecular complexity index is 995. The van der Waals surface area contributed by atoms with Gasteiger partial charge < -0.3 is 14.4 Å². The smallest absolute Gasteiger partial charge is 0.261 e. The van der Waals surface area contributed by atoms with Crippen LogP contribution in [-0.2, 0) is 21.2 Å². The fraction of sp³-hybridized carbons (Fsp3) is 0.381. The molecule has 0 aliphatic carbocycles. The summed E-state index contributed by atoms with van der Waals surface area (Å²) < 4.78 is 35.0. The third-order valence-corrected chi connectivity index (χ3v) is 7.08. The summed E-state index contributed by atoms with van der Waals surface area (Å²) in [5.74, 6) is 0.807. The first-order valence-corrected chi connectivity index (χ1v) is 12.1. The number of ether oxygens (including phenoxy) is 2. The molecular weight excluding hydrogens is 449 g/mol. The van der Waals surface area contributed by atoms with Gasteiger partial charge in [0.1, 0.15) is 11.5 Å². The number of hydrogen-bond donors (Lipinski definition) is 0. The van der Waals surface area contributed by atoms with Gasteiger partial charge in [0.05, 0.1) is 23.1 Å². The number of nitrogens with zero attached hydrogens (tertiary/aromatic N) is 1. The van der Waals surface area contributed by atoms with E-state index in [4.69, 9.17) is 32.7 Å². The molecule has 0 N–H and O–H groups in total. The van der Waals surface area contributed by atoms with Crippen LogP contribution in [0.25, 0.3) is 0 Å². The van der Waals surface area contributed by atoms with Crippen molar-refractivity contribution in [3.8, 4) is 11.5 Å². The van der Waals surface area contributed by atoms with Crippen molar-refractivity contribution in [2.24, 2.45) is 0 Å². The first kappa shape index (κ1) is 22.7. The Kier molecular flexibility index (Phi) is 7.50. The lowest BCUT2D eigenvalue weighted by atomic mass is 10.1. The number of carbonyl (C=O) groups is 1. The number of sulfone groups is 1. The molecule has 1 unspecified atom stereocenters. The minimum Gasteiger partial charge on any atom is -0.494 e. The van der Waals surface area contributed by atoms with E-state index in [1.807, 2.05) is 31.2 Å². The van der Waals surface area contributed by atoms with E-state index in [1.165, 1.54) is 6.07 Å². The van der Waals surface area contributed by atoms with Crippen LogP contribution >= 0.6 is 23.2 Å². The van der Waals surface area contributed by atoms with Crippen molar-refractivity contribution in [1.29, 1.82) is 0 Å². The second-order valence-corrected chi connectivity index (χ2v) is 10.1. The molecule has 6 nitrogen and oxygen atoms in total. The Morgan fingerprint density at radius 2 is 1.87 bits per heavy atom. The van der Waals surface area contributed by atoms with Crippen molar-refractivity contribution in [1.82, 2.24) is 4.90 Å². The monoisotopic (exact) mass is 471 g/mol. The largest absolute Gasteiger partial charge is 0.494 e. The zero-order valence-corrected chi connectivity index (χ0v) is 18.8. The van der Waals surface area contributed by atoms with Crippen molar-refractivity contribution < 1.29 is 22.7 Å². The van der Waals surface area contributed by atoms with Crippen LogP contribution in [0.2, 0.25) is 10.0 Å². The number of benzene rings is 2.